The molecule has 4 fully saturated rings. The van der Waals surface area contributed by atoms with Crippen LogP contribution in [0.25, 0.3) is 0 Å². The number of methoxy groups -OCH3 is 1. The fraction of sp³-hybridized carbons (Fsp3) is 0.652. The lowest BCUT2D eigenvalue weighted by atomic mass is 9.53. The highest BCUT2D eigenvalue weighted by Crippen LogP contribution is 2.55. The minimum atomic E-state index is -0.120. The number of carbonyl (C=O) groups excluding carboxylic acids is 2. The quantitative estimate of drug-likeness (QED) is 0.628. The molecule has 4 aliphatic carbocycles. The van der Waals surface area contributed by atoms with Gasteiger partial charge in [-0.3, -0.25) is 4.79 Å². The molecule has 0 heterocycles. The predicted molar refractivity (Wildman–Crippen MR) is 111 cm³/mol. The van der Waals surface area contributed by atoms with Crippen LogP contribution < -0.4 is 16.0 Å². The Hall–Kier alpha value is -2.08. The van der Waals surface area contributed by atoms with Crippen molar-refractivity contribution in [2.75, 3.05) is 13.7 Å². The molecule has 5 rings (SSSR count). The molecule has 1 aromatic rings. The van der Waals surface area contributed by atoms with Crippen molar-refractivity contribution in [3.05, 3.63) is 35.4 Å². The van der Waals surface area contributed by atoms with Gasteiger partial charge in [0.2, 0.25) is 5.91 Å². The average molecular weight is 400 g/mol. The molecule has 0 atom stereocenters. The maximum Gasteiger partial charge on any atom is 0.315 e. The Bertz CT molecular complexity index is 713. The van der Waals surface area contributed by atoms with Gasteiger partial charge in [-0.2, -0.15) is 0 Å². The first-order valence-corrected chi connectivity index (χ1v) is 10.9. The lowest BCUT2D eigenvalue weighted by Crippen LogP contribution is -2.61. The summed E-state index contributed by atoms with van der Waals surface area (Å²) in [7, 11) is 1.66. The van der Waals surface area contributed by atoms with Gasteiger partial charge in [0.05, 0.1) is 6.61 Å². The summed E-state index contributed by atoms with van der Waals surface area (Å²) in [6.45, 7) is 1.35. The zero-order valence-corrected chi connectivity index (χ0v) is 17.3. The van der Waals surface area contributed by atoms with Crippen molar-refractivity contribution < 1.29 is 14.3 Å². The molecule has 1 aromatic carbocycles. The Morgan fingerprint density at radius 1 is 1.00 bits per heavy atom. The van der Waals surface area contributed by atoms with Gasteiger partial charge in [0, 0.05) is 32.2 Å². The minimum absolute atomic E-state index is 0.00610. The number of benzene rings is 1. The van der Waals surface area contributed by atoms with E-state index in [9.17, 15) is 9.59 Å². The Morgan fingerprint density at radius 2 is 1.62 bits per heavy atom. The Balaban J connectivity index is 1.18. The first-order valence-electron chi connectivity index (χ1n) is 10.9. The predicted octanol–water partition coefficient (Wildman–Crippen LogP) is 3.11. The summed E-state index contributed by atoms with van der Waals surface area (Å²) < 4.78 is 5.20. The number of hydrogen-bond acceptors (Lipinski definition) is 3. The molecule has 6 heteroatoms. The summed E-state index contributed by atoms with van der Waals surface area (Å²) in [5.74, 6) is 2.34. The van der Waals surface area contributed by atoms with Gasteiger partial charge in [-0.05, 0) is 67.4 Å². The van der Waals surface area contributed by atoms with Gasteiger partial charge in [-0.1, -0.05) is 24.3 Å². The smallest absolute Gasteiger partial charge is 0.315 e. The lowest BCUT2D eigenvalue weighted by molar-refractivity contribution is -0.121. The van der Waals surface area contributed by atoms with E-state index < -0.39 is 0 Å². The molecule has 0 spiro atoms. The fourth-order valence-corrected chi connectivity index (χ4v) is 6.15. The van der Waals surface area contributed by atoms with Gasteiger partial charge >= 0.3 is 6.03 Å². The van der Waals surface area contributed by atoms with Gasteiger partial charge in [-0.25, -0.2) is 4.79 Å². The first kappa shape index (κ1) is 20.2. The molecule has 29 heavy (non-hydrogen) atoms. The summed E-state index contributed by atoms with van der Waals surface area (Å²) >= 11 is 0. The molecule has 6 nitrogen and oxygen atoms in total. The van der Waals surface area contributed by atoms with E-state index in [1.54, 1.807) is 7.11 Å². The summed E-state index contributed by atoms with van der Waals surface area (Å²) in [6, 6.07) is 7.79. The molecule has 0 aliphatic heterocycles. The van der Waals surface area contributed by atoms with Gasteiger partial charge in [0.25, 0.3) is 0 Å². The first-order chi connectivity index (χ1) is 14.0. The molecular formula is C23H33N3O3. The van der Waals surface area contributed by atoms with Crippen LogP contribution in [0, 0.1) is 17.8 Å². The largest absolute Gasteiger partial charge is 0.380 e. The molecule has 0 saturated heterocycles. The summed E-state index contributed by atoms with van der Waals surface area (Å²) in [6.07, 6.45) is 7.75. The second-order valence-corrected chi connectivity index (χ2v) is 9.31. The minimum Gasteiger partial charge on any atom is -0.380 e. The molecule has 4 bridgehead atoms. The average Bonchev–Trinajstić information content (AvgIpc) is 2.66. The van der Waals surface area contributed by atoms with Crippen molar-refractivity contribution in [1.82, 2.24) is 16.0 Å². The molecule has 158 valence electrons. The fourth-order valence-electron chi connectivity index (χ4n) is 6.15. The van der Waals surface area contributed by atoms with Crippen LogP contribution in [-0.2, 0) is 22.7 Å². The highest BCUT2D eigenvalue weighted by molar-refractivity contribution is 5.78. The van der Waals surface area contributed by atoms with E-state index in [1.165, 1.54) is 19.3 Å². The summed E-state index contributed by atoms with van der Waals surface area (Å²) in [5.41, 5.74) is 2.13. The van der Waals surface area contributed by atoms with Gasteiger partial charge < -0.3 is 20.7 Å². The number of hydrogen-bond donors (Lipinski definition) is 3. The van der Waals surface area contributed by atoms with Crippen LogP contribution in [0.15, 0.2) is 24.3 Å². The van der Waals surface area contributed by atoms with Crippen LogP contribution in [0.3, 0.4) is 0 Å². The van der Waals surface area contributed by atoms with E-state index in [4.69, 9.17) is 4.74 Å². The normalized spacial score (nSPS) is 29.5. The van der Waals surface area contributed by atoms with Crippen LogP contribution in [0.5, 0.6) is 0 Å². The molecule has 0 aromatic heterocycles. The Labute approximate surface area is 173 Å². The van der Waals surface area contributed by atoms with Crippen LogP contribution >= 0.6 is 0 Å². The maximum absolute atomic E-state index is 12.4. The van der Waals surface area contributed by atoms with E-state index in [-0.39, 0.29) is 23.9 Å². The van der Waals surface area contributed by atoms with Gasteiger partial charge in [-0.15, -0.1) is 0 Å². The van der Waals surface area contributed by atoms with Crippen molar-refractivity contribution in [2.45, 2.75) is 63.6 Å². The monoisotopic (exact) mass is 399 g/mol. The van der Waals surface area contributed by atoms with Crippen molar-refractivity contribution in [2.24, 2.45) is 17.8 Å². The molecule has 3 N–H and O–H groups in total. The van der Waals surface area contributed by atoms with Gasteiger partial charge in [0.1, 0.15) is 0 Å². The number of nitrogens with one attached hydrogen (secondary N) is 3. The number of ether oxygens (including phenoxy) is 1. The third-order valence-corrected chi connectivity index (χ3v) is 6.95. The highest BCUT2D eigenvalue weighted by atomic mass is 16.5. The zero-order valence-electron chi connectivity index (χ0n) is 17.3. The second-order valence-electron chi connectivity index (χ2n) is 9.31. The number of urea groups is 1. The Morgan fingerprint density at radius 3 is 2.24 bits per heavy atom. The van der Waals surface area contributed by atoms with Crippen molar-refractivity contribution in [1.29, 1.82) is 0 Å². The van der Waals surface area contributed by atoms with Crippen molar-refractivity contribution >= 4 is 11.9 Å². The van der Waals surface area contributed by atoms with Gasteiger partial charge in [0.15, 0.2) is 0 Å². The van der Waals surface area contributed by atoms with E-state index in [0.717, 1.165) is 48.1 Å². The highest BCUT2D eigenvalue weighted by Gasteiger charge is 2.51. The Kier molecular flexibility index (Phi) is 6.09. The van der Waals surface area contributed by atoms with E-state index >= 15 is 0 Å². The lowest BCUT2D eigenvalue weighted by Gasteiger charge is -2.56. The van der Waals surface area contributed by atoms with Crippen LogP contribution in [0.1, 0.15) is 56.1 Å². The standard InChI is InChI=1S/C23H33N3O3/c1-29-15-20-5-3-2-4-19(20)14-25-21(27)6-7-24-22(28)26-23-11-16-8-17(12-23)10-18(9-16)13-23/h2-5,16-18H,6-15H2,1H3,(H,25,27)(H2,24,26,28). The molecule has 3 amide bonds. The van der Waals surface area contributed by atoms with Crippen LogP contribution in [-0.4, -0.2) is 31.1 Å². The third-order valence-electron chi connectivity index (χ3n) is 6.95. The number of carbonyl (C=O) groups is 2. The third kappa shape index (κ3) is 4.92. The summed E-state index contributed by atoms with van der Waals surface area (Å²) in [4.78, 5) is 24.6. The number of rotatable bonds is 8. The second kappa shape index (κ2) is 8.74. The van der Waals surface area contributed by atoms with E-state index in [1.807, 2.05) is 24.3 Å². The van der Waals surface area contributed by atoms with Crippen LogP contribution in [0.4, 0.5) is 4.79 Å². The number of amides is 3. The van der Waals surface area contributed by atoms with Crippen molar-refractivity contribution in [3.63, 3.8) is 0 Å². The van der Waals surface area contributed by atoms with Crippen molar-refractivity contribution in [3.8, 4) is 0 Å². The SMILES string of the molecule is COCc1ccccc1CNC(=O)CCNC(=O)NC12CC3CC(CC(C3)C1)C2. The topological polar surface area (TPSA) is 79.5 Å². The summed E-state index contributed by atoms with van der Waals surface area (Å²) in [5, 5.41) is 9.10. The van der Waals surface area contributed by atoms with E-state index in [0.29, 0.717) is 19.7 Å². The maximum atomic E-state index is 12.4. The van der Waals surface area contributed by atoms with E-state index in [2.05, 4.69) is 16.0 Å². The zero-order chi connectivity index (χ0) is 20.3. The molecule has 4 saturated carbocycles. The van der Waals surface area contributed by atoms with Crippen LogP contribution in [0.2, 0.25) is 0 Å². The molecule has 0 radical (unpaired) electrons. The molecular weight excluding hydrogens is 366 g/mol. The molecule has 4 aliphatic rings. The molecule has 0 unspecified atom stereocenters.